The first-order valence-electron chi connectivity index (χ1n) is 7.76. The van der Waals surface area contributed by atoms with Crippen LogP contribution in [0.3, 0.4) is 0 Å². The van der Waals surface area contributed by atoms with Crippen LogP contribution in [0.4, 0.5) is 0 Å². The van der Waals surface area contributed by atoms with Gasteiger partial charge in [0, 0.05) is 32.2 Å². The zero-order valence-corrected chi connectivity index (χ0v) is 14.3. The van der Waals surface area contributed by atoms with Gasteiger partial charge in [-0.2, -0.15) is 0 Å². The highest BCUT2D eigenvalue weighted by Gasteiger charge is 2.37. The van der Waals surface area contributed by atoms with Gasteiger partial charge < -0.3 is 14.8 Å². The minimum atomic E-state index is 0. The Morgan fingerprint density at radius 2 is 1.68 bits per heavy atom. The molecule has 4 rings (SSSR count). The second kappa shape index (κ2) is 7.73. The van der Waals surface area contributed by atoms with E-state index in [1.54, 1.807) is 0 Å². The summed E-state index contributed by atoms with van der Waals surface area (Å²) in [5.74, 6) is 2.65. The van der Waals surface area contributed by atoms with Crippen molar-refractivity contribution in [1.82, 2.24) is 10.2 Å². The molecule has 1 saturated heterocycles. The second-order valence-corrected chi connectivity index (χ2v) is 5.97. The third-order valence-electron chi connectivity index (χ3n) is 4.52. The number of rotatable bonds is 3. The van der Waals surface area contributed by atoms with Crippen molar-refractivity contribution < 1.29 is 9.47 Å². The molecule has 1 aliphatic carbocycles. The molecule has 3 aliphatic rings. The van der Waals surface area contributed by atoms with Crippen LogP contribution in [0.15, 0.2) is 18.2 Å². The molecule has 0 unspecified atom stereocenters. The van der Waals surface area contributed by atoms with Gasteiger partial charge in [-0.15, -0.1) is 24.8 Å². The third kappa shape index (κ3) is 3.62. The molecule has 4 nitrogen and oxygen atoms in total. The lowest BCUT2D eigenvalue weighted by atomic mass is 9.99. The van der Waals surface area contributed by atoms with Crippen molar-refractivity contribution in [2.45, 2.75) is 18.9 Å². The number of nitrogens with zero attached hydrogens (tertiary/aromatic N) is 1. The van der Waals surface area contributed by atoms with Crippen molar-refractivity contribution in [1.29, 1.82) is 0 Å². The number of ether oxygens (including phenoxy) is 2. The Morgan fingerprint density at radius 1 is 1.00 bits per heavy atom. The first-order chi connectivity index (χ1) is 9.92. The Morgan fingerprint density at radius 3 is 2.36 bits per heavy atom. The Kier molecular flexibility index (Phi) is 6.21. The molecular weight excluding hydrogens is 323 g/mol. The highest BCUT2D eigenvalue weighted by molar-refractivity contribution is 5.85. The first kappa shape index (κ1) is 17.7. The summed E-state index contributed by atoms with van der Waals surface area (Å²) in [6.07, 6.45) is 2.73. The summed E-state index contributed by atoms with van der Waals surface area (Å²) >= 11 is 0. The summed E-state index contributed by atoms with van der Waals surface area (Å²) in [7, 11) is 0. The van der Waals surface area contributed by atoms with Gasteiger partial charge in [-0.05, 0) is 36.5 Å². The van der Waals surface area contributed by atoms with Gasteiger partial charge in [-0.25, -0.2) is 0 Å². The zero-order valence-electron chi connectivity index (χ0n) is 12.6. The van der Waals surface area contributed by atoms with Gasteiger partial charge in [0.15, 0.2) is 11.5 Å². The van der Waals surface area contributed by atoms with Gasteiger partial charge in [-0.3, -0.25) is 4.90 Å². The zero-order chi connectivity index (χ0) is 13.4. The Bertz CT molecular complexity index is 491. The van der Waals surface area contributed by atoms with Gasteiger partial charge in [0.2, 0.25) is 0 Å². The Balaban J connectivity index is 0.000000882. The number of piperazine rings is 1. The highest BCUT2D eigenvalue weighted by Crippen LogP contribution is 2.46. The molecule has 2 aliphatic heterocycles. The van der Waals surface area contributed by atoms with Crippen LogP contribution in [-0.2, 0) is 0 Å². The van der Waals surface area contributed by atoms with E-state index in [1.165, 1.54) is 18.4 Å². The smallest absolute Gasteiger partial charge is 0.161 e. The van der Waals surface area contributed by atoms with E-state index in [9.17, 15) is 0 Å². The number of halogens is 2. The molecule has 0 spiro atoms. The van der Waals surface area contributed by atoms with Crippen LogP contribution < -0.4 is 14.8 Å². The summed E-state index contributed by atoms with van der Waals surface area (Å²) < 4.78 is 11.4. The standard InChI is InChI=1S/C16H22N2O2.2ClH/c1-2-12(1)16(18-7-5-17-6-8-18)13-3-4-14-15(11-13)20-10-9-19-14;;/h3-4,11-12,16-17H,1-2,5-10H2;2*1H/t16-;;/m1../s1. The van der Waals surface area contributed by atoms with Crippen molar-refractivity contribution in [2.24, 2.45) is 5.92 Å². The lowest BCUT2D eigenvalue weighted by Crippen LogP contribution is -2.45. The molecule has 22 heavy (non-hydrogen) atoms. The summed E-state index contributed by atoms with van der Waals surface area (Å²) in [6, 6.07) is 7.09. The molecule has 6 heteroatoms. The first-order valence-corrected chi connectivity index (χ1v) is 7.76. The van der Waals surface area contributed by atoms with Crippen molar-refractivity contribution in [2.75, 3.05) is 39.4 Å². The number of fused-ring (bicyclic) bond motifs is 1. The molecule has 0 radical (unpaired) electrons. The van der Waals surface area contributed by atoms with E-state index < -0.39 is 0 Å². The molecule has 0 bridgehead atoms. The van der Waals surface area contributed by atoms with Crippen molar-refractivity contribution in [3.05, 3.63) is 23.8 Å². The Hall–Kier alpha value is -0.680. The van der Waals surface area contributed by atoms with Crippen molar-refractivity contribution in [3.8, 4) is 11.5 Å². The second-order valence-electron chi connectivity index (χ2n) is 5.97. The van der Waals surface area contributed by atoms with Crippen LogP contribution in [0.5, 0.6) is 11.5 Å². The Labute approximate surface area is 144 Å². The summed E-state index contributed by atoms with van der Waals surface area (Å²) in [5.41, 5.74) is 1.40. The summed E-state index contributed by atoms with van der Waals surface area (Å²) in [4.78, 5) is 2.64. The summed E-state index contributed by atoms with van der Waals surface area (Å²) in [5, 5.41) is 3.44. The SMILES string of the molecule is Cl.Cl.c1cc2c(cc1[C@@H](C1CC1)N1CCNCC1)OCCO2. The third-order valence-corrected chi connectivity index (χ3v) is 4.52. The fraction of sp³-hybridized carbons (Fsp3) is 0.625. The fourth-order valence-electron chi connectivity index (χ4n) is 3.40. The number of benzene rings is 1. The quantitative estimate of drug-likeness (QED) is 0.912. The highest BCUT2D eigenvalue weighted by atomic mass is 35.5. The van der Waals surface area contributed by atoms with Crippen LogP contribution in [0.2, 0.25) is 0 Å². The maximum Gasteiger partial charge on any atom is 0.161 e. The largest absolute Gasteiger partial charge is 0.486 e. The van der Waals surface area contributed by atoms with Gasteiger partial charge in [0.1, 0.15) is 13.2 Å². The fourth-order valence-corrected chi connectivity index (χ4v) is 3.40. The van der Waals surface area contributed by atoms with E-state index in [2.05, 4.69) is 28.4 Å². The lowest BCUT2D eigenvalue weighted by molar-refractivity contribution is 0.152. The van der Waals surface area contributed by atoms with Gasteiger partial charge >= 0.3 is 0 Å². The maximum atomic E-state index is 5.75. The van der Waals surface area contributed by atoms with Crippen LogP contribution >= 0.6 is 24.8 Å². The molecule has 2 fully saturated rings. The van der Waals surface area contributed by atoms with Crippen molar-refractivity contribution in [3.63, 3.8) is 0 Å². The summed E-state index contributed by atoms with van der Waals surface area (Å²) in [6.45, 7) is 5.83. The number of hydrogen-bond donors (Lipinski definition) is 1. The van der Waals surface area contributed by atoms with Crippen LogP contribution in [0.1, 0.15) is 24.4 Å². The molecule has 124 valence electrons. The van der Waals surface area contributed by atoms with E-state index in [4.69, 9.17) is 9.47 Å². The van der Waals surface area contributed by atoms with Crippen LogP contribution in [0, 0.1) is 5.92 Å². The normalized spacial score (nSPS) is 22.2. The monoisotopic (exact) mass is 346 g/mol. The predicted molar refractivity (Wildman–Crippen MR) is 91.8 cm³/mol. The van der Waals surface area contributed by atoms with E-state index in [1.807, 2.05) is 0 Å². The predicted octanol–water partition coefficient (Wildman–Crippen LogP) is 2.66. The molecule has 1 atom stereocenters. The van der Waals surface area contributed by atoms with Gasteiger partial charge in [0.25, 0.3) is 0 Å². The van der Waals surface area contributed by atoms with E-state index >= 15 is 0 Å². The molecule has 1 saturated carbocycles. The van der Waals surface area contributed by atoms with E-state index in [0.29, 0.717) is 19.3 Å². The topological polar surface area (TPSA) is 33.7 Å². The average molecular weight is 347 g/mol. The van der Waals surface area contributed by atoms with E-state index in [-0.39, 0.29) is 24.8 Å². The molecule has 0 aromatic heterocycles. The van der Waals surface area contributed by atoms with Gasteiger partial charge in [0.05, 0.1) is 0 Å². The van der Waals surface area contributed by atoms with Crippen LogP contribution in [-0.4, -0.2) is 44.3 Å². The molecule has 2 heterocycles. The van der Waals surface area contributed by atoms with E-state index in [0.717, 1.165) is 43.6 Å². The molecular formula is C16H24Cl2N2O2. The molecule has 1 aromatic carbocycles. The van der Waals surface area contributed by atoms with Crippen molar-refractivity contribution >= 4 is 24.8 Å². The molecule has 0 amide bonds. The average Bonchev–Trinajstić information content (AvgIpc) is 3.33. The number of nitrogens with one attached hydrogen (secondary N) is 1. The maximum absolute atomic E-state index is 5.75. The minimum absolute atomic E-state index is 0. The molecule has 1 N–H and O–H groups in total. The minimum Gasteiger partial charge on any atom is -0.486 e. The van der Waals surface area contributed by atoms with Gasteiger partial charge in [-0.1, -0.05) is 6.07 Å². The lowest BCUT2D eigenvalue weighted by Gasteiger charge is -2.36. The van der Waals surface area contributed by atoms with Crippen LogP contribution in [0.25, 0.3) is 0 Å². The molecule has 1 aromatic rings. The number of hydrogen-bond acceptors (Lipinski definition) is 4.